The monoisotopic (exact) mass is 142 g/mol. The molecule has 0 amide bonds. The minimum atomic E-state index is -0.205. The van der Waals surface area contributed by atoms with Crippen LogP contribution in [0, 0.1) is 0 Å². The number of aliphatic hydroxyl groups is 1. The van der Waals surface area contributed by atoms with E-state index in [4.69, 9.17) is 4.74 Å². The number of hydrogen-bond acceptors (Lipinski definition) is 2. The number of ether oxygens (including phenoxy) is 1. The van der Waals surface area contributed by atoms with Crippen LogP contribution >= 0.6 is 0 Å². The Hall–Kier alpha value is -0.340. The smallest absolute Gasteiger partial charge is 0.0630 e. The molecule has 0 saturated heterocycles. The largest absolute Gasteiger partial charge is 0.393 e. The fourth-order valence-electron chi connectivity index (χ4n) is 1.19. The molecule has 58 valence electrons. The first kappa shape index (κ1) is 7.76. The number of rotatable bonds is 1. The molecular weight excluding hydrogens is 128 g/mol. The molecule has 2 nitrogen and oxygen atoms in total. The van der Waals surface area contributed by atoms with Crippen LogP contribution in [0.5, 0.6) is 0 Å². The van der Waals surface area contributed by atoms with E-state index in [1.165, 1.54) is 0 Å². The van der Waals surface area contributed by atoms with Crippen molar-refractivity contribution in [2.75, 3.05) is 7.11 Å². The highest BCUT2D eigenvalue weighted by atomic mass is 16.5. The van der Waals surface area contributed by atoms with Gasteiger partial charge in [0.15, 0.2) is 0 Å². The molecule has 0 aromatic carbocycles. The molecule has 1 aliphatic rings. The number of methoxy groups -OCH3 is 1. The van der Waals surface area contributed by atoms with Gasteiger partial charge in [0.05, 0.1) is 12.2 Å². The molecule has 0 heterocycles. The van der Waals surface area contributed by atoms with Crippen LogP contribution in [0.4, 0.5) is 0 Å². The van der Waals surface area contributed by atoms with Crippen molar-refractivity contribution in [3.63, 3.8) is 0 Å². The Bertz CT molecular complexity index is 120. The minimum absolute atomic E-state index is 0.205. The van der Waals surface area contributed by atoms with E-state index in [0.717, 1.165) is 19.3 Å². The summed E-state index contributed by atoms with van der Waals surface area (Å²) in [5.41, 5.74) is 0. The molecule has 0 aromatic rings. The van der Waals surface area contributed by atoms with Crippen molar-refractivity contribution in [2.24, 2.45) is 0 Å². The Morgan fingerprint density at radius 2 is 2.10 bits per heavy atom. The Morgan fingerprint density at radius 3 is 2.80 bits per heavy atom. The van der Waals surface area contributed by atoms with Gasteiger partial charge in [0.25, 0.3) is 0 Å². The van der Waals surface area contributed by atoms with Crippen molar-refractivity contribution in [3.05, 3.63) is 12.2 Å². The number of hydrogen-bond donors (Lipinski definition) is 1. The molecule has 0 unspecified atom stereocenters. The lowest BCUT2D eigenvalue weighted by atomic mass is 10.1. The normalized spacial score (nSPS) is 33.8. The first-order valence-corrected chi connectivity index (χ1v) is 3.68. The maximum atomic E-state index is 9.26. The maximum Gasteiger partial charge on any atom is 0.0630 e. The Labute approximate surface area is 61.5 Å². The van der Waals surface area contributed by atoms with E-state index in [1.54, 1.807) is 7.11 Å². The van der Waals surface area contributed by atoms with Gasteiger partial charge in [-0.3, -0.25) is 0 Å². The Morgan fingerprint density at radius 1 is 1.40 bits per heavy atom. The first-order chi connectivity index (χ1) is 4.83. The summed E-state index contributed by atoms with van der Waals surface area (Å²) in [6.07, 6.45) is 6.59. The summed E-state index contributed by atoms with van der Waals surface area (Å²) >= 11 is 0. The van der Waals surface area contributed by atoms with Gasteiger partial charge in [0.2, 0.25) is 0 Å². The SMILES string of the molecule is CO[C@H]1CC=CC[C@H](O)C1. The van der Waals surface area contributed by atoms with E-state index in [0.29, 0.717) is 0 Å². The van der Waals surface area contributed by atoms with E-state index in [2.05, 4.69) is 6.08 Å². The second-order valence-electron chi connectivity index (χ2n) is 2.69. The highest BCUT2D eigenvalue weighted by molar-refractivity contribution is 4.91. The standard InChI is InChI=1S/C8H14O2/c1-10-8-5-3-2-4-7(9)6-8/h2-3,7-9H,4-6H2,1H3/t7-,8-/m0/s1. The molecule has 0 saturated carbocycles. The molecule has 0 bridgehead atoms. The van der Waals surface area contributed by atoms with Crippen LogP contribution in [-0.2, 0) is 4.74 Å². The van der Waals surface area contributed by atoms with Gasteiger partial charge in [0.1, 0.15) is 0 Å². The Kier molecular flexibility index (Phi) is 2.90. The topological polar surface area (TPSA) is 29.5 Å². The summed E-state index contributed by atoms with van der Waals surface area (Å²) in [5.74, 6) is 0. The van der Waals surface area contributed by atoms with Crippen molar-refractivity contribution in [1.29, 1.82) is 0 Å². The second kappa shape index (κ2) is 3.74. The summed E-state index contributed by atoms with van der Waals surface area (Å²) in [6, 6.07) is 0. The quantitative estimate of drug-likeness (QED) is 0.555. The van der Waals surface area contributed by atoms with Gasteiger partial charge >= 0.3 is 0 Å². The van der Waals surface area contributed by atoms with Crippen molar-refractivity contribution in [3.8, 4) is 0 Å². The van der Waals surface area contributed by atoms with Gasteiger partial charge in [-0.05, 0) is 12.8 Å². The van der Waals surface area contributed by atoms with Crippen LogP contribution in [0.2, 0.25) is 0 Å². The zero-order valence-corrected chi connectivity index (χ0v) is 6.29. The van der Waals surface area contributed by atoms with Crippen LogP contribution < -0.4 is 0 Å². The van der Waals surface area contributed by atoms with Crippen molar-refractivity contribution in [1.82, 2.24) is 0 Å². The Balaban J connectivity index is 2.40. The predicted molar refractivity (Wildman–Crippen MR) is 39.8 cm³/mol. The fourth-order valence-corrected chi connectivity index (χ4v) is 1.19. The molecule has 1 rings (SSSR count). The van der Waals surface area contributed by atoms with Crippen molar-refractivity contribution in [2.45, 2.75) is 31.5 Å². The molecule has 2 heteroatoms. The minimum Gasteiger partial charge on any atom is -0.393 e. The van der Waals surface area contributed by atoms with Gasteiger partial charge in [-0.1, -0.05) is 12.2 Å². The van der Waals surface area contributed by atoms with E-state index < -0.39 is 0 Å². The zero-order chi connectivity index (χ0) is 7.40. The van der Waals surface area contributed by atoms with Gasteiger partial charge < -0.3 is 9.84 Å². The van der Waals surface area contributed by atoms with Crippen LogP contribution in [0.3, 0.4) is 0 Å². The molecule has 1 N–H and O–H groups in total. The van der Waals surface area contributed by atoms with Gasteiger partial charge in [-0.2, -0.15) is 0 Å². The summed E-state index contributed by atoms with van der Waals surface area (Å²) in [5, 5.41) is 9.26. The predicted octanol–water partition coefficient (Wildman–Crippen LogP) is 1.10. The third kappa shape index (κ3) is 2.12. The third-order valence-electron chi connectivity index (χ3n) is 1.84. The van der Waals surface area contributed by atoms with Crippen molar-refractivity contribution >= 4 is 0 Å². The van der Waals surface area contributed by atoms with Crippen LogP contribution in [0.1, 0.15) is 19.3 Å². The average molecular weight is 142 g/mol. The summed E-state index contributed by atoms with van der Waals surface area (Å²) in [7, 11) is 1.69. The molecule has 0 aliphatic heterocycles. The first-order valence-electron chi connectivity index (χ1n) is 3.68. The van der Waals surface area contributed by atoms with Gasteiger partial charge in [0, 0.05) is 13.5 Å². The van der Waals surface area contributed by atoms with E-state index in [-0.39, 0.29) is 12.2 Å². The molecular formula is C8H14O2. The lowest BCUT2D eigenvalue weighted by molar-refractivity contribution is 0.0516. The zero-order valence-electron chi connectivity index (χ0n) is 6.29. The molecule has 1 aliphatic carbocycles. The highest BCUT2D eigenvalue weighted by Gasteiger charge is 2.13. The molecule has 0 fully saturated rings. The van der Waals surface area contributed by atoms with Crippen LogP contribution in [-0.4, -0.2) is 24.4 Å². The molecule has 10 heavy (non-hydrogen) atoms. The molecule has 0 aromatic heterocycles. The molecule has 2 atom stereocenters. The van der Waals surface area contributed by atoms with Gasteiger partial charge in [-0.15, -0.1) is 0 Å². The number of aliphatic hydroxyl groups excluding tert-OH is 1. The van der Waals surface area contributed by atoms with E-state index in [1.807, 2.05) is 6.08 Å². The average Bonchev–Trinajstić information content (AvgIpc) is 2.13. The van der Waals surface area contributed by atoms with E-state index >= 15 is 0 Å². The molecule has 0 radical (unpaired) electrons. The van der Waals surface area contributed by atoms with Crippen LogP contribution in [0.25, 0.3) is 0 Å². The maximum absolute atomic E-state index is 9.26. The highest BCUT2D eigenvalue weighted by Crippen LogP contribution is 2.14. The van der Waals surface area contributed by atoms with Crippen molar-refractivity contribution < 1.29 is 9.84 Å². The fraction of sp³-hybridized carbons (Fsp3) is 0.750. The van der Waals surface area contributed by atoms with E-state index in [9.17, 15) is 5.11 Å². The molecule has 0 spiro atoms. The third-order valence-corrected chi connectivity index (χ3v) is 1.84. The lowest BCUT2D eigenvalue weighted by Gasteiger charge is -2.13. The lowest BCUT2D eigenvalue weighted by Crippen LogP contribution is -2.16. The van der Waals surface area contributed by atoms with Crippen LogP contribution in [0.15, 0.2) is 12.2 Å². The second-order valence-corrected chi connectivity index (χ2v) is 2.69. The summed E-state index contributed by atoms with van der Waals surface area (Å²) in [6.45, 7) is 0. The summed E-state index contributed by atoms with van der Waals surface area (Å²) < 4.78 is 5.13. The summed E-state index contributed by atoms with van der Waals surface area (Å²) in [4.78, 5) is 0. The van der Waals surface area contributed by atoms with Gasteiger partial charge in [-0.25, -0.2) is 0 Å².